The Hall–Kier alpha value is -1.82. The first kappa shape index (κ1) is 17.0. The van der Waals surface area contributed by atoms with E-state index in [0.717, 1.165) is 17.8 Å². The highest BCUT2D eigenvalue weighted by Crippen LogP contribution is 2.35. The lowest BCUT2D eigenvalue weighted by atomic mass is 9.89. The summed E-state index contributed by atoms with van der Waals surface area (Å²) in [5, 5.41) is 4.52. The molecule has 2 atom stereocenters. The van der Waals surface area contributed by atoms with Gasteiger partial charge >= 0.3 is 6.09 Å². The first-order valence-corrected chi connectivity index (χ1v) is 8.47. The number of aromatic nitrogens is 2. The Kier molecular flexibility index (Phi) is 4.20. The Morgan fingerprint density at radius 3 is 2.58 bits per heavy atom. The van der Waals surface area contributed by atoms with Gasteiger partial charge < -0.3 is 9.47 Å². The van der Waals surface area contributed by atoms with E-state index in [0.29, 0.717) is 13.2 Å². The summed E-state index contributed by atoms with van der Waals surface area (Å²) in [4.78, 5) is 14.5. The summed E-state index contributed by atoms with van der Waals surface area (Å²) >= 11 is 0. The number of ether oxygens (including phenoxy) is 2. The maximum absolute atomic E-state index is 12.6. The number of rotatable bonds is 1. The van der Waals surface area contributed by atoms with Crippen molar-refractivity contribution in [2.75, 3.05) is 13.2 Å². The first-order chi connectivity index (χ1) is 11.2. The van der Waals surface area contributed by atoms with E-state index in [1.807, 2.05) is 44.3 Å². The molecular formula is C18H27N3O3. The summed E-state index contributed by atoms with van der Waals surface area (Å²) in [6, 6.07) is -0.0704. The molecule has 3 rings (SSSR count). The molecule has 0 aromatic carbocycles. The molecule has 2 unspecified atom stereocenters. The van der Waals surface area contributed by atoms with Crippen molar-refractivity contribution in [2.24, 2.45) is 7.05 Å². The maximum Gasteiger partial charge on any atom is 0.411 e. The summed E-state index contributed by atoms with van der Waals surface area (Å²) in [7, 11) is 1.96. The van der Waals surface area contributed by atoms with E-state index in [9.17, 15) is 4.79 Å². The molecule has 1 amide bonds. The number of hydrogen-bond donors (Lipinski definition) is 0. The summed E-state index contributed by atoms with van der Waals surface area (Å²) in [5.74, 6) is 0. The minimum absolute atomic E-state index is 0.0117. The van der Waals surface area contributed by atoms with Crippen LogP contribution in [-0.2, 0) is 16.5 Å². The predicted octanol–water partition coefficient (Wildman–Crippen LogP) is 2.83. The van der Waals surface area contributed by atoms with Crippen LogP contribution in [0, 0.1) is 13.8 Å². The fourth-order valence-electron chi connectivity index (χ4n) is 3.62. The molecule has 1 aromatic heterocycles. The molecule has 6 heteroatoms. The molecule has 1 aromatic rings. The highest BCUT2D eigenvalue weighted by Gasteiger charge is 2.40. The average molecular weight is 333 g/mol. The Balaban J connectivity index is 1.92. The minimum Gasteiger partial charge on any atom is -0.444 e. The number of nitrogens with zero attached hydrogens (tertiary/aromatic N) is 3. The topological polar surface area (TPSA) is 56.6 Å². The SMILES string of the molecule is Cc1nn(C)c(C)c1C1=CC2COCC(C1)N2C(=O)OC(C)(C)C. The molecule has 0 saturated carbocycles. The largest absolute Gasteiger partial charge is 0.444 e. The molecular weight excluding hydrogens is 306 g/mol. The zero-order valence-electron chi connectivity index (χ0n) is 15.4. The van der Waals surface area contributed by atoms with Crippen molar-refractivity contribution >= 4 is 11.7 Å². The highest BCUT2D eigenvalue weighted by molar-refractivity contribution is 5.76. The lowest BCUT2D eigenvalue weighted by Crippen LogP contribution is -2.57. The van der Waals surface area contributed by atoms with Crippen LogP contribution in [0.25, 0.3) is 5.57 Å². The normalized spacial score (nSPS) is 23.9. The lowest BCUT2D eigenvalue weighted by Gasteiger charge is -2.44. The monoisotopic (exact) mass is 333 g/mol. The molecule has 2 aliphatic heterocycles. The average Bonchev–Trinajstić information content (AvgIpc) is 2.68. The summed E-state index contributed by atoms with van der Waals surface area (Å²) < 4.78 is 13.2. The van der Waals surface area contributed by atoms with Crippen LogP contribution < -0.4 is 0 Å². The van der Waals surface area contributed by atoms with Crippen molar-refractivity contribution in [3.8, 4) is 0 Å². The van der Waals surface area contributed by atoms with Crippen molar-refractivity contribution in [3.63, 3.8) is 0 Å². The van der Waals surface area contributed by atoms with E-state index in [4.69, 9.17) is 9.47 Å². The van der Waals surface area contributed by atoms with E-state index >= 15 is 0 Å². The van der Waals surface area contributed by atoms with E-state index < -0.39 is 5.60 Å². The number of aryl methyl sites for hydroxylation is 2. The van der Waals surface area contributed by atoms with Gasteiger partial charge in [-0.15, -0.1) is 0 Å². The van der Waals surface area contributed by atoms with Gasteiger partial charge in [-0.05, 0) is 46.6 Å². The van der Waals surface area contributed by atoms with Gasteiger partial charge in [-0.3, -0.25) is 9.58 Å². The van der Waals surface area contributed by atoms with Crippen LogP contribution >= 0.6 is 0 Å². The van der Waals surface area contributed by atoms with Gasteiger partial charge in [-0.25, -0.2) is 4.79 Å². The van der Waals surface area contributed by atoms with E-state index in [1.165, 1.54) is 11.1 Å². The van der Waals surface area contributed by atoms with Gasteiger partial charge in [-0.1, -0.05) is 6.08 Å². The van der Waals surface area contributed by atoms with Crippen LogP contribution in [-0.4, -0.2) is 51.7 Å². The second-order valence-electron chi connectivity index (χ2n) is 7.71. The Morgan fingerprint density at radius 2 is 2.04 bits per heavy atom. The molecule has 0 aliphatic carbocycles. The third-order valence-electron chi connectivity index (χ3n) is 4.63. The molecule has 2 aliphatic rings. The standard InChI is InChI=1S/C18H27N3O3/c1-11-16(12(2)20(6)19-11)13-7-14-9-23-10-15(8-13)21(14)17(22)24-18(3,4)5/h7,14-15H,8-10H2,1-6H3. The van der Waals surface area contributed by atoms with Gasteiger partial charge in [0.05, 0.1) is 31.0 Å². The Labute approximate surface area is 143 Å². The van der Waals surface area contributed by atoms with Crippen molar-refractivity contribution < 1.29 is 14.3 Å². The van der Waals surface area contributed by atoms with E-state index in [-0.39, 0.29) is 18.2 Å². The first-order valence-electron chi connectivity index (χ1n) is 8.47. The second-order valence-corrected chi connectivity index (χ2v) is 7.71. The number of carbonyl (C=O) groups is 1. The summed E-state index contributed by atoms with van der Waals surface area (Å²) in [5.41, 5.74) is 4.16. The van der Waals surface area contributed by atoms with Gasteiger partial charge in [0.2, 0.25) is 0 Å². The molecule has 24 heavy (non-hydrogen) atoms. The van der Waals surface area contributed by atoms with Crippen LogP contribution in [0.5, 0.6) is 0 Å². The molecule has 132 valence electrons. The van der Waals surface area contributed by atoms with Gasteiger partial charge in [0.1, 0.15) is 5.60 Å². The molecule has 1 saturated heterocycles. The number of hydrogen-bond acceptors (Lipinski definition) is 4. The molecule has 3 heterocycles. The van der Waals surface area contributed by atoms with Crippen molar-refractivity contribution in [2.45, 2.75) is 58.7 Å². The molecule has 6 nitrogen and oxygen atoms in total. The number of carbonyl (C=O) groups excluding carboxylic acids is 1. The van der Waals surface area contributed by atoms with Gasteiger partial charge in [-0.2, -0.15) is 5.10 Å². The minimum atomic E-state index is -0.493. The number of morpholine rings is 1. The number of amides is 1. The van der Waals surface area contributed by atoms with Crippen molar-refractivity contribution in [1.29, 1.82) is 0 Å². The smallest absolute Gasteiger partial charge is 0.411 e. The van der Waals surface area contributed by atoms with Gasteiger partial charge in [0, 0.05) is 18.3 Å². The maximum atomic E-state index is 12.6. The Bertz CT molecular complexity index is 684. The predicted molar refractivity (Wildman–Crippen MR) is 91.7 cm³/mol. The van der Waals surface area contributed by atoms with E-state index in [2.05, 4.69) is 18.1 Å². The van der Waals surface area contributed by atoms with Crippen LogP contribution in [0.15, 0.2) is 6.08 Å². The highest BCUT2D eigenvalue weighted by atomic mass is 16.6. The third kappa shape index (κ3) is 3.07. The van der Waals surface area contributed by atoms with Crippen molar-refractivity contribution in [1.82, 2.24) is 14.7 Å². The fourth-order valence-corrected chi connectivity index (χ4v) is 3.62. The zero-order chi connectivity index (χ0) is 17.6. The van der Waals surface area contributed by atoms with E-state index in [1.54, 1.807) is 0 Å². The van der Waals surface area contributed by atoms with Crippen molar-refractivity contribution in [3.05, 3.63) is 23.0 Å². The Morgan fingerprint density at radius 1 is 1.33 bits per heavy atom. The molecule has 0 N–H and O–H groups in total. The summed E-state index contributed by atoms with van der Waals surface area (Å²) in [6.07, 6.45) is 2.66. The fraction of sp³-hybridized carbons (Fsp3) is 0.667. The zero-order valence-corrected chi connectivity index (χ0v) is 15.4. The lowest BCUT2D eigenvalue weighted by molar-refractivity contribution is -0.0510. The molecule has 0 spiro atoms. The molecule has 0 radical (unpaired) electrons. The molecule has 2 bridgehead atoms. The van der Waals surface area contributed by atoms with Crippen LogP contribution in [0.1, 0.15) is 44.1 Å². The molecule has 1 fully saturated rings. The second kappa shape index (κ2) is 5.92. The van der Waals surface area contributed by atoms with Gasteiger partial charge in [0.25, 0.3) is 0 Å². The third-order valence-corrected chi connectivity index (χ3v) is 4.63. The van der Waals surface area contributed by atoms with Crippen LogP contribution in [0.3, 0.4) is 0 Å². The van der Waals surface area contributed by atoms with Gasteiger partial charge in [0.15, 0.2) is 0 Å². The summed E-state index contributed by atoms with van der Waals surface area (Å²) in [6.45, 7) is 10.9. The number of fused-ring (bicyclic) bond motifs is 2. The van der Waals surface area contributed by atoms with Crippen LogP contribution in [0.4, 0.5) is 4.79 Å². The van der Waals surface area contributed by atoms with Crippen LogP contribution in [0.2, 0.25) is 0 Å². The quantitative estimate of drug-likeness (QED) is 0.793.